The Kier molecular flexibility index (Phi) is 7.04. The maximum atomic E-state index is 13.0. The highest BCUT2D eigenvalue weighted by Gasteiger charge is 2.55. The molecule has 0 radical (unpaired) electrons. The zero-order chi connectivity index (χ0) is 26.6. The summed E-state index contributed by atoms with van der Waals surface area (Å²) >= 11 is 0. The molecule has 0 aromatic heterocycles. The number of para-hydroxylation sites is 1. The normalized spacial score (nSPS) is 19.9. The monoisotopic (exact) mass is 495 g/mol. The number of carbonyl (C=O) groups excluding carboxylic acids is 1. The number of nitrogens with two attached hydrogens (primary N) is 1. The van der Waals surface area contributed by atoms with Crippen molar-refractivity contribution >= 4 is 6.09 Å². The van der Waals surface area contributed by atoms with E-state index in [4.69, 9.17) is 19.9 Å². The first kappa shape index (κ1) is 25.2. The van der Waals surface area contributed by atoms with Gasteiger partial charge in [0.1, 0.15) is 12.7 Å². The Morgan fingerprint density at radius 2 is 1.81 bits per heavy atom. The van der Waals surface area contributed by atoms with Crippen LogP contribution in [0.4, 0.5) is 4.79 Å². The smallest absolute Gasteiger partial charge is 0.410 e. The number of allylic oxidation sites excluding steroid dienone is 2. The Morgan fingerprint density at radius 3 is 2.43 bits per heavy atom. The number of benzene rings is 2. The van der Waals surface area contributed by atoms with Gasteiger partial charge < -0.3 is 24.8 Å². The molecule has 2 atom stereocenters. The molecule has 1 amide bonds. The predicted molar refractivity (Wildman–Crippen MR) is 133 cm³/mol. The van der Waals surface area contributed by atoms with Crippen molar-refractivity contribution in [2.45, 2.75) is 12.5 Å². The molecule has 1 heterocycles. The Labute approximate surface area is 215 Å². The Hall–Kier alpha value is -4.94. The van der Waals surface area contributed by atoms with Crippen molar-refractivity contribution in [3.8, 4) is 29.7 Å². The highest BCUT2D eigenvalue weighted by Crippen LogP contribution is 2.56. The molecule has 0 unspecified atom stereocenters. The van der Waals surface area contributed by atoms with Gasteiger partial charge in [-0.2, -0.15) is 15.8 Å². The molecule has 37 heavy (non-hydrogen) atoms. The van der Waals surface area contributed by atoms with E-state index in [2.05, 4.69) is 18.2 Å². The summed E-state index contributed by atoms with van der Waals surface area (Å²) < 4.78 is 16.6. The number of nitriles is 3. The minimum Gasteiger partial charge on any atom is -0.493 e. The Morgan fingerprint density at radius 1 is 1.08 bits per heavy atom. The van der Waals surface area contributed by atoms with Gasteiger partial charge in [0.15, 0.2) is 16.9 Å². The number of amides is 1. The largest absolute Gasteiger partial charge is 0.493 e. The first-order chi connectivity index (χ1) is 17.9. The summed E-state index contributed by atoms with van der Waals surface area (Å²) in [4.78, 5) is 14.5. The van der Waals surface area contributed by atoms with Gasteiger partial charge in [-0.05, 0) is 17.2 Å². The third-order valence-corrected chi connectivity index (χ3v) is 6.90. The molecular weight excluding hydrogens is 470 g/mol. The zero-order valence-electron chi connectivity index (χ0n) is 20.5. The van der Waals surface area contributed by atoms with E-state index in [0.717, 1.165) is 5.56 Å². The van der Waals surface area contributed by atoms with Gasteiger partial charge in [-0.25, -0.2) is 4.79 Å². The van der Waals surface area contributed by atoms with Gasteiger partial charge in [0.05, 0.1) is 37.6 Å². The molecule has 2 aromatic carbocycles. The van der Waals surface area contributed by atoms with Crippen LogP contribution >= 0.6 is 0 Å². The third kappa shape index (κ3) is 4.20. The van der Waals surface area contributed by atoms with E-state index in [1.54, 1.807) is 24.3 Å². The maximum absolute atomic E-state index is 13.0. The van der Waals surface area contributed by atoms with Gasteiger partial charge in [0, 0.05) is 30.5 Å². The lowest BCUT2D eigenvalue weighted by molar-refractivity contribution is 0.0897. The highest BCUT2D eigenvalue weighted by atomic mass is 16.6. The van der Waals surface area contributed by atoms with Crippen molar-refractivity contribution in [3.63, 3.8) is 0 Å². The van der Waals surface area contributed by atoms with Crippen molar-refractivity contribution in [2.75, 3.05) is 27.3 Å². The molecule has 0 fully saturated rings. The first-order valence-electron chi connectivity index (χ1n) is 11.6. The van der Waals surface area contributed by atoms with E-state index in [1.807, 2.05) is 30.3 Å². The van der Waals surface area contributed by atoms with Gasteiger partial charge in [-0.1, -0.05) is 48.5 Å². The van der Waals surface area contributed by atoms with Gasteiger partial charge in [0.2, 0.25) is 0 Å². The predicted octanol–water partition coefficient (Wildman–Crippen LogP) is 3.77. The molecule has 1 aliphatic heterocycles. The number of nitrogens with zero attached hydrogens (tertiary/aromatic N) is 4. The number of fused-ring (bicyclic) bond motifs is 1. The minimum atomic E-state index is -1.89. The standard InChI is InChI=1S/C28H25N5O4/c1-35-23-10-6-9-20(25(23)36-2)24-22-14-33(27(34)37-15-18-7-4-3-5-8-18)12-11-19(22)21(13-29)26(32)28(24,16-30)17-31/h3-11,22,24H,12,14-15,32H2,1-2H3/t22-,24+/m0/s1. The van der Waals surface area contributed by atoms with E-state index >= 15 is 0 Å². The van der Waals surface area contributed by atoms with Crippen LogP contribution in [0.5, 0.6) is 11.5 Å². The number of methoxy groups -OCH3 is 2. The van der Waals surface area contributed by atoms with Crippen LogP contribution in [-0.4, -0.2) is 38.3 Å². The average molecular weight is 496 g/mol. The summed E-state index contributed by atoms with van der Waals surface area (Å²) in [6, 6.07) is 20.7. The molecular formula is C28H25N5O4. The molecule has 2 aliphatic rings. The molecule has 9 heteroatoms. The Bertz CT molecular complexity index is 1380. The van der Waals surface area contributed by atoms with Crippen LogP contribution in [0, 0.1) is 45.3 Å². The molecule has 1 aliphatic carbocycles. The van der Waals surface area contributed by atoms with E-state index in [-0.39, 0.29) is 31.0 Å². The van der Waals surface area contributed by atoms with Crippen molar-refractivity contribution < 1.29 is 19.0 Å². The Balaban J connectivity index is 1.80. The van der Waals surface area contributed by atoms with Gasteiger partial charge in [-0.3, -0.25) is 0 Å². The number of rotatable bonds is 5. The summed E-state index contributed by atoms with van der Waals surface area (Å²) in [7, 11) is 2.96. The lowest BCUT2D eigenvalue weighted by Gasteiger charge is -2.45. The molecule has 0 spiro atoms. The van der Waals surface area contributed by atoms with Crippen LogP contribution in [0.15, 0.2) is 71.5 Å². The molecule has 2 N–H and O–H groups in total. The fourth-order valence-electron chi connectivity index (χ4n) is 5.14. The number of hydrogen-bond acceptors (Lipinski definition) is 8. The molecule has 9 nitrogen and oxygen atoms in total. The fraction of sp³-hybridized carbons (Fsp3) is 0.286. The summed E-state index contributed by atoms with van der Waals surface area (Å²) in [5.74, 6) is -0.707. The van der Waals surface area contributed by atoms with Crippen LogP contribution in [0.3, 0.4) is 0 Å². The van der Waals surface area contributed by atoms with Gasteiger partial charge in [0.25, 0.3) is 0 Å². The molecule has 0 saturated carbocycles. The van der Waals surface area contributed by atoms with E-state index < -0.39 is 23.3 Å². The first-order valence-corrected chi connectivity index (χ1v) is 11.6. The lowest BCUT2D eigenvalue weighted by Crippen LogP contribution is -2.49. The second-order valence-electron chi connectivity index (χ2n) is 8.70. The molecule has 2 aromatic rings. The highest BCUT2D eigenvalue weighted by molar-refractivity contribution is 5.70. The second-order valence-corrected chi connectivity index (χ2v) is 8.70. The van der Waals surface area contributed by atoms with Gasteiger partial charge >= 0.3 is 6.09 Å². The zero-order valence-corrected chi connectivity index (χ0v) is 20.5. The summed E-state index contributed by atoms with van der Waals surface area (Å²) in [5.41, 5.74) is 6.42. The van der Waals surface area contributed by atoms with Gasteiger partial charge in [-0.15, -0.1) is 0 Å². The topological polar surface area (TPSA) is 145 Å². The molecule has 0 saturated heterocycles. The lowest BCUT2D eigenvalue weighted by atomic mass is 9.58. The summed E-state index contributed by atoms with van der Waals surface area (Å²) in [6.45, 7) is 0.390. The number of hydrogen-bond donors (Lipinski definition) is 1. The SMILES string of the molecule is COc1cccc([C@@H]2[C@H]3CN(C(=O)OCc4ccccc4)CC=C3C(C#N)=C(N)C2(C#N)C#N)c1OC. The summed E-state index contributed by atoms with van der Waals surface area (Å²) in [5, 5.41) is 30.6. The minimum absolute atomic E-state index is 0.0866. The van der Waals surface area contributed by atoms with Crippen molar-refractivity contribution in [3.05, 3.63) is 82.6 Å². The van der Waals surface area contributed by atoms with Crippen molar-refractivity contribution in [1.82, 2.24) is 4.90 Å². The molecule has 4 rings (SSSR count). The van der Waals surface area contributed by atoms with Crippen LogP contribution < -0.4 is 15.2 Å². The number of ether oxygens (including phenoxy) is 3. The quantitative estimate of drug-likeness (QED) is 0.660. The van der Waals surface area contributed by atoms with Crippen LogP contribution in [0.25, 0.3) is 0 Å². The molecule has 0 bridgehead atoms. The maximum Gasteiger partial charge on any atom is 0.410 e. The van der Waals surface area contributed by atoms with E-state index in [1.165, 1.54) is 19.1 Å². The van der Waals surface area contributed by atoms with Crippen molar-refractivity contribution in [1.29, 1.82) is 15.8 Å². The second kappa shape index (κ2) is 10.4. The third-order valence-electron chi connectivity index (χ3n) is 6.90. The average Bonchev–Trinajstić information content (AvgIpc) is 2.95. The van der Waals surface area contributed by atoms with Crippen molar-refractivity contribution in [2.24, 2.45) is 17.1 Å². The molecule has 186 valence electrons. The number of carbonyl (C=O) groups is 1. The van der Waals surface area contributed by atoms with E-state index in [0.29, 0.717) is 22.6 Å². The van der Waals surface area contributed by atoms with Crippen LogP contribution in [0.2, 0.25) is 0 Å². The van der Waals surface area contributed by atoms with Crippen LogP contribution in [-0.2, 0) is 11.3 Å². The van der Waals surface area contributed by atoms with Crippen LogP contribution in [0.1, 0.15) is 17.0 Å². The fourth-order valence-corrected chi connectivity index (χ4v) is 5.14. The summed E-state index contributed by atoms with van der Waals surface area (Å²) in [6.07, 6.45) is 1.19. The van der Waals surface area contributed by atoms with E-state index in [9.17, 15) is 20.6 Å².